The van der Waals surface area contributed by atoms with Gasteiger partial charge in [-0.05, 0) is 39.7 Å². The molecule has 1 fully saturated rings. The van der Waals surface area contributed by atoms with Gasteiger partial charge in [0.2, 0.25) is 0 Å². The van der Waals surface area contributed by atoms with Crippen LogP contribution in [0.15, 0.2) is 35.3 Å². The highest BCUT2D eigenvalue weighted by molar-refractivity contribution is 14.0. The smallest absolute Gasteiger partial charge is 0.191 e. The van der Waals surface area contributed by atoms with E-state index in [2.05, 4.69) is 73.6 Å². The molecule has 1 aliphatic rings. The molecular weight excluding hydrogens is 439 g/mol. The zero-order valence-electron chi connectivity index (χ0n) is 16.8. The number of likely N-dealkylation sites (tertiary alicyclic amines) is 1. The molecule has 148 valence electrons. The number of nitrogens with zero attached hydrogens (tertiary/aromatic N) is 2. The molecule has 5 nitrogen and oxygen atoms in total. The molecule has 2 rings (SSSR count). The van der Waals surface area contributed by atoms with Gasteiger partial charge in [0.25, 0.3) is 0 Å². The average Bonchev–Trinajstić information content (AvgIpc) is 2.93. The van der Waals surface area contributed by atoms with Crippen LogP contribution in [0.1, 0.15) is 39.7 Å². The van der Waals surface area contributed by atoms with Crippen molar-refractivity contribution in [1.82, 2.24) is 15.5 Å². The van der Waals surface area contributed by atoms with Crippen molar-refractivity contribution in [2.75, 3.05) is 26.7 Å². The van der Waals surface area contributed by atoms with Gasteiger partial charge in [-0.1, -0.05) is 30.3 Å². The van der Waals surface area contributed by atoms with Crippen molar-refractivity contribution < 1.29 is 4.74 Å². The largest absolute Gasteiger partial charge is 0.377 e. The third-order valence-electron chi connectivity index (χ3n) is 4.79. The van der Waals surface area contributed by atoms with Crippen LogP contribution in [0.5, 0.6) is 0 Å². The molecule has 0 aliphatic carbocycles. The summed E-state index contributed by atoms with van der Waals surface area (Å²) >= 11 is 0. The van der Waals surface area contributed by atoms with Gasteiger partial charge in [-0.25, -0.2) is 0 Å². The number of halogens is 1. The summed E-state index contributed by atoms with van der Waals surface area (Å²) in [6.45, 7) is 12.0. The summed E-state index contributed by atoms with van der Waals surface area (Å²) in [6.07, 6.45) is 1.13. The van der Waals surface area contributed by atoms with Gasteiger partial charge in [0, 0.05) is 38.8 Å². The Morgan fingerprint density at radius 2 is 2.00 bits per heavy atom. The third kappa shape index (κ3) is 7.40. The van der Waals surface area contributed by atoms with Crippen LogP contribution in [0.25, 0.3) is 0 Å². The maximum atomic E-state index is 5.47. The van der Waals surface area contributed by atoms with Gasteiger partial charge < -0.3 is 15.4 Å². The van der Waals surface area contributed by atoms with Gasteiger partial charge >= 0.3 is 0 Å². The van der Waals surface area contributed by atoms with Crippen LogP contribution in [-0.2, 0) is 11.3 Å². The highest BCUT2D eigenvalue weighted by atomic mass is 127. The highest BCUT2D eigenvalue weighted by Gasteiger charge is 2.29. The summed E-state index contributed by atoms with van der Waals surface area (Å²) in [5, 5.41) is 6.95. The zero-order chi connectivity index (χ0) is 18.3. The molecule has 0 bridgehead atoms. The molecule has 1 aliphatic heterocycles. The lowest BCUT2D eigenvalue weighted by atomic mass is 10.1. The molecule has 0 spiro atoms. The first-order valence-corrected chi connectivity index (χ1v) is 9.31. The first-order valence-electron chi connectivity index (χ1n) is 9.31. The first-order chi connectivity index (χ1) is 11.9. The first kappa shape index (κ1) is 23.2. The monoisotopic (exact) mass is 474 g/mol. The van der Waals surface area contributed by atoms with E-state index in [-0.39, 0.29) is 29.6 Å². The van der Waals surface area contributed by atoms with E-state index in [0.717, 1.165) is 32.0 Å². The molecule has 6 heteroatoms. The molecule has 1 aromatic carbocycles. The normalized spacial score (nSPS) is 21.3. The fraction of sp³-hybridized carbons (Fsp3) is 0.650. The van der Waals surface area contributed by atoms with Gasteiger partial charge in [0.1, 0.15) is 0 Å². The van der Waals surface area contributed by atoms with E-state index in [0.29, 0.717) is 18.6 Å². The van der Waals surface area contributed by atoms with Gasteiger partial charge in [0.15, 0.2) is 5.96 Å². The van der Waals surface area contributed by atoms with Crippen molar-refractivity contribution in [2.45, 2.75) is 58.3 Å². The second-order valence-electron chi connectivity index (χ2n) is 7.50. The minimum atomic E-state index is -0.245. The molecule has 1 heterocycles. The minimum absolute atomic E-state index is 0. The van der Waals surface area contributed by atoms with Crippen molar-refractivity contribution >= 4 is 29.9 Å². The topological polar surface area (TPSA) is 48.9 Å². The Kier molecular flexibility index (Phi) is 9.89. The second-order valence-corrected chi connectivity index (χ2v) is 7.50. The number of guanidine groups is 1. The lowest BCUT2D eigenvalue weighted by Crippen LogP contribution is -2.45. The zero-order valence-corrected chi connectivity index (χ0v) is 19.1. The fourth-order valence-electron chi connectivity index (χ4n) is 3.09. The SMILES string of the molecule is CCNC(=NCC(C)(C)OC)NC1CC(C)N(Cc2ccccc2)C1.I. The van der Waals surface area contributed by atoms with Crippen molar-refractivity contribution in [2.24, 2.45) is 4.99 Å². The number of hydrogen-bond donors (Lipinski definition) is 2. The van der Waals surface area contributed by atoms with Crippen molar-refractivity contribution in [3.05, 3.63) is 35.9 Å². The fourth-order valence-corrected chi connectivity index (χ4v) is 3.09. The maximum absolute atomic E-state index is 5.47. The van der Waals surface area contributed by atoms with Crippen molar-refractivity contribution in [1.29, 1.82) is 0 Å². The van der Waals surface area contributed by atoms with E-state index in [1.165, 1.54) is 5.56 Å². The highest BCUT2D eigenvalue weighted by Crippen LogP contribution is 2.20. The van der Waals surface area contributed by atoms with Crippen LogP contribution < -0.4 is 10.6 Å². The molecule has 0 amide bonds. The molecule has 26 heavy (non-hydrogen) atoms. The lowest BCUT2D eigenvalue weighted by molar-refractivity contribution is 0.0310. The van der Waals surface area contributed by atoms with E-state index in [9.17, 15) is 0 Å². The molecule has 2 N–H and O–H groups in total. The average molecular weight is 474 g/mol. The number of methoxy groups -OCH3 is 1. The summed E-state index contributed by atoms with van der Waals surface area (Å²) in [7, 11) is 1.73. The van der Waals surface area contributed by atoms with E-state index in [1.807, 2.05) is 0 Å². The van der Waals surface area contributed by atoms with Crippen LogP contribution in [0.2, 0.25) is 0 Å². The molecule has 0 saturated carbocycles. The number of nitrogens with one attached hydrogen (secondary N) is 2. The van der Waals surface area contributed by atoms with Crippen LogP contribution in [0, 0.1) is 0 Å². The summed E-state index contributed by atoms with van der Waals surface area (Å²) in [5.41, 5.74) is 1.13. The van der Waals surface area contributed by atoms with Gasteiger partial charge in [-0.15, -0.1) is 24.0 Å². The molecule has 2 atom stereocenters. The quantitative estimate of drug-likeness (QED) is 0.362. The van der Waals surface area contributed by atoms with Crippen molar-refractivity contribution in [3.8, 4) is 0 Å². The predicted molar refractivity (Wildman–Crippen MR) is 120 cm³/mol. The predicted octanol–water partition coefficient (Wildman–Crippen LogP) is 3.25. The number of benzene rings is 1. The van der Waals surface area contributed by atoms with Crippen LogP contribution in [0.3, 0.4) is 0 Å². The van der Waals surface area contributed by atoms with Gasteiger partial charge in [-0.3, -0.25) is 9.89 Å². The number of aliphatic imine (C=N–C) groups is 1. The maximum Gasteiger partial charge on any atom is 0.191 e. The van der Waals surface area contributed by atoms with E-state index in [1.54, 1.807) is 7.11 Å². The van der Waals surface area contributed by atoms with Crippen molar-refractivity contribution in [3.63, 3.8) is 0 Å². The van der Waals surface area contributed by atoms with E-state index in [4.69, 9.17) is 9.73 Å². The Balaban J connectivity index is 0.00000338. The van der Waals surface area contributed by atoms with Crippen LogP contribution >= 0.6 is 24.0 Å². The van der Waals surface area contributed by atoms with E-state index >= 15 is 0 Å². The Labute approximate surface area is 176 Å². The Morgan fingerprint density at radius 1 is 1.31 bits per heavy atom. The lowest BCUT2D eigenvalue weighted by Gasteiger charge is -2.23. The van der Waals surface area contributed by atoms with Crippen LogP contribution in [-0.4, -0.2) is 55.3 Å². The summed E-state index contributed by atoms with van der Waals surface area (Å²) < 4.78 is 5.47. The summed E-state index contributed by atoms with van der Waals surface area (Å²) in [5.74, 6) is 0.881. The standard InChI is InChI=1S/C20H34N4O.HI/c1-6-21-19(22-15-20(3,4)25-5)23-18-12-16(2)24(14-18)13-17-10-8-7-9-11-17;/h7-11,16,18H,6,12-15H2,1-5H3,(H2,21,22,23);1H. The van der Waals surface area contributed by atoms with Crippen LogP contribution in [0.4, 0.5) is 0 Å². The van der Waals surface area contributed by atoms with E-state index < -0.39 is 0 Å². The Morgan fingerprint density at radius 3 is 2.62 bits per heavy atom. The molecule has 0 aromatic heterocycles. The summed E-state index contributed by atoms with van der Waals surface area (Å²) in [4.78, 5) is 7.24. The number of ether oxygens (including phenoxy) is 1. The molecule has 2 unspecified atom stereocenters. The minimum Gasteiger partial charge on any atom is -0.377 e. The van der Waals surface area contributed by atoms with Gasteiger partial charge in [0.05, 0.1) is 12.1 Å². The number of hydrogen-bond acceptors (Lipinski definition) is 3. The third-order valence-corrected chi connectivity index (χ3v) is 4.79. The Bertz CT molecular complexity index is 550. The molecule has 0 radical (unpaired) electrons. The molecule has 1 aromatic rings. The summed E-state index contributed by atoms with van der Waals surface area (Å²) in [6, 6.07) is 11.7. The Hall–Kier alpha value is -0.860. The second kappa shape index (κ2) is 11.1. The van der Waals surface area contributed by atoms with Gasteiger partial charge in [-0.2, -0.15) is 0 Å². The number of rotatable bonds is 7. The molecular formula is C20H35IN4O. The molecule has 1 saturated heterocycles.